The fraction of sp³-hybridized carbons (Fsp3) is 0.423. The van der Waals surface area contributed by atoms with Crippen molar-refractivity contribution < 1.29 is 38.1 Å². The van der Waals surface area contributed by atoms with E-state index >= 15 is 0 Å². The van der Waals surface area contributed by atoms with Crippen molar-refractivity contribution in [2.75, 3.05) is 19.5 Å². The van der Waals surface area contributed by atoms with E-state index in [1.807, 2.05) is 19.1 Å². The molecule has 0 radical (unpaired) electrons. The van der Waals surface area contributed by atoms with Crippen molar-refractivity contribution in [3.05, 3.63) is 65.2 Å². The summed E-state index contributed by atoms with van der Waals surface area (Å²) in [4.78, 5) is 40.3. The molecule has 0 aromatic heterocycles. The first-order chi connectivity index (χ1) is 17.4. The molecule has 9 nitrogen and oxygen atoms in total. The van der Waals surface area contributed by atoms with Crippen molar-refractivity contribution >= 4 is 29.5 Å². The van der Waals surface area contributed by atoms with Gasteiger partial charge in [0.1, 0.15) is 29.4 Å². The number of carbonyl (C=O) groups excluding carboxylic acids is 3. The van der Waals surface area contributed by atoms with Crippen LogP contribution in [0.1, 0.15) is 46.4 Å². The number of ether oxygens (including phenoxy) is 5. The summed E-state index contributed by atoms with van der Waals surface area (Å²) in [6.07, 6.45) is -3.02. The van der Waals surface area contributed by atoms with Gasteiger partial charge in [0.15, 0.2) is 12.4 Å². The third kappa shape index (κ3) is 4.39. The first-order valence-corrected chi connectivity index (χ1v) is 12.8. The molecule has 2 fully saturated rings. The van der Waals surface area contributed by atoms with Crippen molar-refractivity contribution in [3.8, 4) is 5.75 Å². The lowest BCUT2D eigenvalue weighted by molar-refractivity contribution is -0.311. The number of hydrogen-bond acceptors (Lipinski definition) is 9. The lowest BCUT2D eigenvalue weighted by atomic mass is 9.95. The van der Waals surface area contributed by atoms with Crippen molar-refractivity contribution in [2.45, 2.75) is 49.9 Å². The molecule has 5 rings (SSSR count). The summed E-state index contributed by atoms with van der Waals surface area (Å²) in [6, 6.07) is 13.0. The predicted octanol–water partition coefficient (Wildman–Crippen LogP) is 3.18. The number of imide groups is 1. The van der Waals surface area contributed by atoms with Gasteiger partial charge in [-0.05, 0) is 30.0 Å². The minimum Gasteiger partial charge on any atom is -0.497 e. The molecule has 10 heteroatoms. The molecule has 3 aliphatic heterocycles. The van der Waals surface area contributed by atoms with E-state index in [-0.39, 0.29) is 6.61 Å². The summed E-state index contributed by atoms with van der Waals surface area (Å²) in [5, 5.41) is 0. The molecule has 0 bridgehead atoms. The molecule has 3 aliphatic rings. The van der Waals surface area contributed by atoms with Gasteiger partial charge in [0.05, 0.1) is 24.8 Å². The minimum absolute atomic E-state index is 0.189. The number of rotatable bonds is 6. The zero-order chi connectivity index (χ0) is 25.4. The molecule has 0 aliphatic carbocycles. The fourth-order valence-electron chi connectivity index (χ4n) is 4.87. The van der Waals surface area contributed by atoms with Crippen LogP contribution in [0.2, 0.25) is 0 Å². The van der Waals surface area contributed by atoms with Crippen LogP contribution in [0.5, 0.6) is 5.75 Å². The molecule has 36 heavy (non-hydrogen) atoms. The van der Waals surface area contributed by atoms with Crippen LogP contribution in [0.3, 0.4) is 0 Å². The second-order valence-electron chi connectivity index (χ2n) is 8.63. The quantitative estimate of drug-likeness (QED) is 0.426. The van der Waals surface area contributed by atoms with Crippen LogP contribution >= 0.6 is 11.8 Å². The van der Waals surface area contributed by atoms with Gasteiger partial charge >= 0.3 is 5.97 Å². The van der Waals surface area contributed by atoms with Gasteiger partial charge in [0.2, 0.25) is 0 Å². The van der Waals surface area contributed by atoms with Gasteiger partial charge in [-0.15, -0.1) is 11.8 Å². The first-order valence-electron chi connectivity index (χ1n) is 11.7. The van der Waals surface area contributed by atoms with Crippen LogP contribution < -0.4 is 4.74 Å². The smallest absolute Gasteiger partial charge is 0.303 e. The van der Waals surface area contributed by atoms with E-state index in [0.29, 0.717) is 22.6 Å². The van der Waals surface area contributed by atoms with Gasteiger partial charge in [-0.25, -0.2) is 0 Å². The first kappa shape index (κ1) is 24.8. The predicted molar refractivity (Wildman–Crippen MR) is 130 cm³/mol. The summed E-state index contributed by atoms with van der Waals surface area (Å²) in [5.41, 5.74) is 0.747. The van der Waals surface area contributed by atoms with E-state index in [9.17, 15) is 14.4 Å². The highest BCUT2D eigenvalue weighted by atomic mass is 32.2. The number of hydrogen-bond donors (Lipinski definition) is 0. The van der Waals surface area contributed by atoms with Gasteiger partial charge in [0.25, 0.3) is 11.8 Å². The van der Waals surface area contributed by atoms with Gasteiger partial charge in [-0.3, -0.25) is 19.3 Å². The normalized spacial score (nSPS) is 29.5. The number of fused-ring (bicyclic) bond motifs is 2. The number of amides is 2. The minimum atomic E-state index is -0.947. The molecule has 2 amide bonds. The number of esters is 1. The zero-order valence-corrected chi connectivity index (χ0v) is 20.9. The lowest BCUT2D eigenvalue weighted by Gasteiger charge is -2.50. The monoisotopic (exact) mass is 513 g/mol. The maximum atomic E-state index is 13.4. The van der Waals surface area contributed by atoms with Crippen molar-refractivity contribution in [2.24, 2.45) is 0 Å². The Hall–Kier alpha value is -2.92. The van der Waals surface area contributed by atoms with Crippen LogP contribution in [0.25, 0.3) is 0 Å². The second kappa shape index (κ2) is 10.2. The van der Waals surface area contributed by atoms with E-state index in [4.69, 9.17) is 23.7 Å². The number of thioether (sulfide) groups is 1. The molecular formula is C26H27NO8S. The maximum absolute atomic E-state index is 13.4. The molecule has 2 aromatic carbocycles. The number of methoxy groups -OCH3 is 1. The van der Waals surface area contributed by atoms with Crippen LogP contribution in [0, 0.1) is 0 Å². The third-order valence-electron chi connectivity index (χ3n) is 6.45. The van der Waals surface area contributed by atoms with Crippen LogP contribution in [-0.4, -0.2) is 71.9 Å². The van der Waals surface area contributed by atoms with Gasteiger partial charge < -0.3 is 23.7 Å². The average molecular weight is 514 g/mol. The van der Waals surface area contributed by atoms with Gasteiger partial charge in [-0.2, -0.15) is 0 Å². The Balaban J connectivity index is 1.50. The van der Waals surface area contributed by atoms with Crippen LogP contribution in [-0.2, 0) is 23.7 Å². The standard InChI is InChI=1S/C26H27NO8S/c1-4-36-26-20(27-23(29)17-7-5-6-8-18(17)24(27)30)22(33-14(2)28)21-19(34-26)13-32-25(35-21)15-9-11-16(31-3)12-10-15/h5-12,19-22,25-26H,4,13H2,1-3H3/t19-,20-,21-,22-,25?,26+/m1/s1. The largest absolute Gasteiger partial charge is 0.497 e. The van der Waals surface area contributed by atoms with Gasteiger partial charge in [-0.1, -0.05) is 31.2 Å². The molecule has 190 valence electrons. The Kier molecular flexibility index (Phi) is 7.03. The molecule has 3 heterocycles. The molecule has 0 saturated carbocycles. The Bertz CT molecular complexity index is 1120. The number of carbonyl (C=O) groups is 3. The fourth-order valence-corrected chi connectivity index (χ4v) is 5.89. The zero-order valence-electron chi connectivity index (χ0n) is 20.1. The highest BCUT2D eigenvalue weighted by molar-refractivity contribution is 7.99. The Morgan fingerprint density at radius 1 is 1.06 bits per heavy atom. The molecule has 0 N–H and O–H groups in total. The summed E-state index contributed by atoms with van der Waals surface area (Å²) < 4.78 is 29.6. The van der Waals surface area contributed by atoms with E-state index in [1.54, 1.807) is 43.5 Å². The Morgan fingerprint density at radius 2 is 1.72 bits per heavy atom. The molecule has 2 aromatic rings. The molecule has 6 atom stereocenters. The Morgan fingerprint density at radius 3 is 2.31 bits per heavy atom. The highest BCUT2D eigenvalue weighted by Crippen LogP contribution is 2.42. The van der Waals surface area contributed by atoms with Crippen molar-refractivity contribution in [3.63, 3.8) is 0 Å². The van der Waals surface area contributed by atoms with Gasteiger partial charge in [0, 0.05) is 12.5 Å². The van der Waals surface area contributed by atoms with Crippen LogP contribution in [0.15, 0.2) is 48.5 Å². The number of benzene rings is 2. The topological polar surface area (TPSA) is 101 Å². The van der Waals surface area contributed by atoms with E-state index in [1.165, 1.54) is 23.6 Å². The Labute approximate surface area is 213 Å². The molecule has 0 spiro atoms. The van der Waals surface area contributed by atoms with E-state index in [2.05, 4.69) is 0 Å². The third-order valence-corrected chi connectivity index (χ3v) is 7.50. The second-order valence-corrected chi connectivity index (χ2v) is 10.0. The van der Waals surface area contributed by atoms with E-state index < -0.39 is 53.9 Å². The molecule has 2 saturated heterocycles. The lowest BCUT2D eigenvalue weighted by Crippen LogP contribution is -2.67. The van der Waals surface area contributed by atoms with Crippen molar-refractivity contribution in [1.29, 1.82) is 0 Å². The van der Waals surface area contributed by atoms with E-state index in [0.717, 1.165) is 5.56 Å². The highest BCUT2D eigenvalue weighted by Gasteiger charge is 2.57. The molecule has 1 unspecified atom stereocenters. The average Bonchev–Trinajstić information content (AvgIpc) is 3.14. The summed E-state index contributed by atoms with van der Waals surface area (Å²) in [5.74, 6) is -0.0829. The molecular weight excluding hydrogens is 486 g/mol. The SMILES string of the molecule is CCS[C@@H]1O[C@@H]2COC(c3ccc(OC)cc3)O[C@H]2[C@H](OC(C)=O)[C@H]1N1C(=O)c2ccccc2C1=O. The summed E-state index contributed by atoms with van der Waals surface area (Å²) in [6.45, 7) is 3.44. The summed E-state index contributed by atoms with van der Waals surface area (Å²) in [7, 11) is 1.58. The maximum Gasteiger partial charge on any atom is 0.303 e. The number of nitrogens with zero attached hydrogens (tertiary/aromatic N) is 1. The summed E-state index contributed by atoms with van der Waals surface area (Å²) >= 11 is 1.43. The van der Waals surface area contributed by atoms with Crippen molar-refractivity contribution in [1.82, 2.24) is 4.90 Å². The van der Waals surface area contributed by atoms with Crippen LogP contribution in [0.4, 0.5) is 0 Å².